The van der Waals surface area contributed by atoms with Gasteiger partial charge in [-0.2, -0.15) is 0 Å². The Balaban J connectivity index is 1.74. The van der Waals surface area contributed by atoms with Crippen LogP contribution < -0.4 is 10.6 Å². The van der Waals surface area contributed by atoms with Crippen LogP contribution in [0.2, 0.25) is 0 Å². The molecule has 17 heavy (non-hydrogen) atoms. The van der Waals surface area contributed by atoms with Gasteiger partial charge in [-0.3, -0.25) is 0 Å². The maximum atomic E-state index is 11.8. The molecule has 4 nitrogen and oxygen atoms in total. The van der Waals surface area contributed by atoms with Gasteiger partial charge in [0.05, 0.1) is 6.61 Å². The molecule has 2 fully saturated rings. The topological polar surface area (TPSA) is 61.4 Å². The van der Waals surface area contributed by atoms with Crippen molar-refractivity contribution in [3.8, 4) is 0 Å². The van der Waals surface area contributed by atoms with Gasteiger partial charge in [-0.15, -0.1) is 0 Å². The maximum Gasteiger partial charge on any atom is 0.315 e. The molecule has 0 radical (unpaired) electrons. The number of aliphatic hydroxyl groups is 1. The molecule has 98 valence electrons. The van der Waals surface area contributed by atoms with Crippen molar-refractivity contribution in [2.24, 2.45) is 10.8 Å². The van der Waals surface area contributed by atoms with E-state index in [2.05, 4.69) is 24.5 Å². The fraction of sp³-hybridized carbons (Fsp3) is 0.923. The van der Waals surface area contributed by atoms with Gasteiger partial charge in [-0.05, 0) is 31.1 Å². The summed E-state index contributed by atoms with van der Waals surface area (Å²) >= 11 is 0. The van der Waals surface area contributed by atoms with Crippen LogP contribution in [-0.2, 0) is 0 Å². The van der Waals surface area contributed by atoms with E-state index in [1.165, 1.54) is 12.8 Å². The molecule has 4 heteroatoms. The number of carbonyl (C=O) groups is 1. The minimum Gasteiger partial charge on any atom is -0.396 e. The summed E-state index contributed by atoms with van der Waals surface area (Å²) in [6.45, 7) is 5.20. The van der Waals surface area contributed by atoms with Gasteiger partial charge in [0.2, 0.25) is 0 Å². The first kappa shape index (κ1) is 12.7. The lowest BCUT2D eigenvalue weighted by molar-refractivity contribution is 0.198. The van der Waals surface area contributed by atoms with Crippen molar-refractivity contribution in [2.45, 2.75) is 52.0 Å². The SMILES string of the molecule is CC1(C)CCCC1NC(=O)NCC1(CO)CC1. The Morgan fingerprint density at radius 1 is 1.35 bits per heavy atom. The molecular weight excluding hydrogens is 216 g/mol. The van der Waals surface area contributed by atoms with E-state index in [9.17, 15) is 4.79 Å². The summed E-state index contributed by atoms with van der Waals surface area (Å²) in [5, 5.41) is 15.1. The van der Waals surface area contributed by atoms with E-state index in [4.69, 9.17) is 5.11 Å². The Hall–Kier alpha value is -0.770. The Morgan fingerprint density at radius 2 is 2.06 bits per heavy atom. The van der Waals surface area contributed by atoms with E-state index in [0.29, 0.717) is 6.54 Å². The van der Waals surface area contributed by atoms with E-state index >= 15 is 0 Å². The maximum absolute atomic E-state index is 11.8. The van der Waals surface area contributed by atoms with Crippen molar-refractivity contribution in [3.63, 3.8) is 0 Å². The van der Waals surface area contributed by atoms with E-state index in [1.54, 1.807) is 0 Å². The predicted octanol–water partition coefficient (Wildman–Crippen LogP) is 1.64. The van der Waals surface area contributed by atoms with Gasteiger partial charge in [-0.25, -0.2) is 4.79 Å². The molecule has 3 N–H and O–H groups in total. The fourth-order valence-electron chi connectivity index (χ4n) is 2.64. The minimum absolute atomic E-state index is 0.0114. The number of urea groups is 1. The highest BCUT2D eigenvalue weighted by Crippen LogP contribution is 2.44. The molecule has 0 aromatic rings. The second-order valence-electron chi connectivity index (χ2n) is 6.42. The van der Waals surface area contributed by atoms with Crippen molar-refractivity contribution >= 4 is 6.03 Å². The van der Waals surface area contributed by atoms with E-state index in [-0.39, 0.29) is 29.5 Å². The Morgan fingerprint density at radius 3 is 2.53 bits per heavy atom. The highest BCUT2D eigenvalue weighted by atomic mass is 16.3. The number of rotatable bonds is 4. The molecule has 1 atom stereocenters. The molecule has 2 rings (SSSR count). The minimum atomic E-state index is -0.0790. The molecule has 1 unspecified atom stereocenters. The molecule has 2 saturated carbocycles. The Labute approximate surface area is 103 Å². The Kier molecular flexibility index (Phi) is 3.34. The van der Waals surface area contributed by atoms with Crippen molar-refractivity contribution in [2.75, 3.05) is 13.2 Å². The van der Waals surface area contributed by atoms with Crippen LogP contribution in [-0.4, -0.2) is 30.3 Å². The van der Waals surface area contributed by atoms with Crippen LogP contribution in [0.3, 0.4) is 0 Å². The van der Waals surface area contributed by atoms with Crippen molar-refractivity contribution < 1.29 is 9.90 Å². The summed E-state index contributed by atoms with van der Waals surface area (Å²) in [5.74, 6) is 0. The monoisotopic (exact) mass is 240 g/mol. The van der Waals surface area contributed by atoms with Crippen LogP contribution in [0.1, 0.15) is 46.0 Å². The van der Waals surface area contributed by atoms with Gasteiger partial charge in [0, 0.05) is 18.0 Å². The van der Waals surface area contributed by atoms with Gasteiger partial charge < -0.3 is 15.7 Å². The van der Waals surface area contributed by atoms with Crippen LogP contribution in [0.25, 0.3) is 0 Å². The van der Waals surface area contributed by atoms with Gasteiger partial charge in [-0.1, -0.05) is 20.3 Å². The van der Waals surface area contributed by atoms with Crippen LogP contribution in [0.5, 0.6) is 0 Å². The molecule has 0 aromatic heterocycles. The molecule has 2 amide bonds. The number of amides is 2. The number of hydrogen-bond acceptors (Lipinski definition) is 2. The van der Waals surface area contributed by atoms with Crippen LogP contribution in [0, 0.1) is 10.8 Å². The Bertz CT molecular complexity index is 298. The first-order valence-electron chi connectivity index (χ1n) is 6.63. The van der Waals surface area contributed by atoms with Gasteiger partial charge >= 0.3 is 6.03 Å². The molecule has 0 saturated heterocycles. The summed E-state index contributed by atoms with van der Waals surface area (Å²) in [5.41, 5.74) is 0.203. The predicted molar refractivity (Wildman–Crippen MR) is 66.7 cm³/mol. The summed E-state index contributed by atoms with van der Waals surface area (Å²) in [6.07, 6.45) is 5.50. The van der Waals surface area contributed by atoms with Crippen LogP contribution >= 0.6 is 0 Å². The quantitative estimate of drug-likeness (QED) is 0.699. The lowest BCUT2D eigenvalue weighted by Gasteiger charge is -2.28. The lowest BCUT2D eigenvalue weighted by Crippen LogP contribution is -2.47. The zero-order chi connectivity index (χ0) is 12.5. The zero-order valence-electron chi connectivity index (χ0n) is 10.9. The average molecular weight is 240 g/mol. The molecule has 0 aliphatic heterocycles. The number of aliphatic hydroxyl groups excluding tert-OH is 1. The smallest absolute Gasteiger partial charge is 0.315 e. The van der Waals surface area contributed by atoms with E-state index in [0.717, 1.165) is 19.3 Å². The van der Waals surface area contributed by atoms with Crippen molar-refractivity contribution in [1.29, 1.82) is 0 Å². The lowest BCUT2D eigenvalue weighted by atomic mass is 9.87. The molecule has 0 aromatic carbocycles. The second kappa shape index (κ2) is 4.48. The third-order valence-electron chi connectivity index (χ3n) is 4.48. The average Bonchev–Trinajstić information content (AvgIpc) is 2.99. The third kappa shape index (κ3) is 2.92. The molecule has 2 aliphatic rings. The summed E-state index contributed by atoms with van der Waals surface area (Å²) < 4.78 is 0. The van der Waals surface area contributed by atoms with Gasteiger partial charge in [0.25, 0.3) is 0 Å². The first-order chi connectivity index (χ1) is 7.97. The second-order valence-corrected chi connectivity index (χ2v) is 6.42. The molecule has 2 aliphatic carbocycles. The van der Waals surface area contributed by atoms with Crippen LogP contribution in [0.15, 0.2) is 0 Å². The van der Waals surface area contributed by atoms with Gasteiger partial charge in [0.15, 0.2) is 0 Å². The largest absolute Gasteiger partial charge is 0.396 e. The fourth-order valence-corrected chi connectivity index (χ4v) is 2.64. The zero-order valence-corrected chi connectivity index (χ0v) is 10.9. The highest BCUT2D eigenvalue weighted by molar-refractivity contribution is 5.74. The van der Waals surface area contributed by atoms with E-state index in [1.807, 2.05) is 0 Å². The standard InChI is InChI=1S/C13H24N2O2/c1-12(2)5-3-4-10(12)15-11(17)14-8-13(9-16)6-7-13/h10,16H,3-9H2,1-2H3,(H2,14,15,17). The van der Waals surface area contributed by atoms with E-state index < -0.39 is 0 Å². The molecule has 0 bridgehead atoms. The normalized spacial score (nSPS) is 28.8. The molecule has 0 spiro atoms. The summed E-state index contributed by atoms with van der Waals surface area (Å²) in [7, 11) is 0. The first-order valence-corrected chi connectivity index (χ1v) is 6.63. The number of nitrogens with one attached hydrogen (secondary N) is 2. The summed E-state index contributed by atoms with van der Waals surface area (Å²) in [4.78, 5) is 11.8. The molecular formula is C13H24N2O2. The van der Waals surface area contributed by atoms with Crippen molar-refractivity contribution in [3.05, 3.63) is 0 Å². The third-order valence-corrected chi connectivity index (χ3v) is 4.48. The summed E-state index contributed by atoms with van der Waals surface area (Å²) in [6, 6.07) is 0.205. The van der Waals surface area contributed by atoms with Crippen LogP contribution in [0.4, 0.5) is 4.79 Å². The molecule has 0 heterocycles. The number of hydrogen-bond donors (Lipinski definition) is 3. The number of carbonyl (C=O) groups excluding carboxylic acids is 1. The van der Waals surface area contributed by atoms with Gasteiger partial charge in [0.1, 0.15) is 0 Å². The van der Waals surface area contributed by atoms with Crippen molar-refractivity contribution in [1.82, 2.24) is 10.6 Å². The highest BCUT2D eigenvalue weighted by Gasteiger charge is 2.42.